The van der Waals surface area contributed by atoms with Crippen LogP contribution in [0.1, 0.15) is 0 Å². The summed E-state index contributed by atoms with van der Waals surface area (Å²) in [6.07, 6.45) is 0. The monoisotopic (exact) mass is 205 g/mol. The first kappa shape index (κ1) is 10.2. The Morgan fingerprint density at radius 3 is 2.85 bits per heavy atom. The van der Waals surface area contributed by atoms with Crippen molar-refractivity contribution in [3.63, 3.8) is 0 Å². The summed E-state index contributed by atoms with van der Waals surface area (Å²) >= 11 is 5.50. The molecule has 72 valence electrons. The van der Waals surface area contributed by atoms with E-state index < -0.39 is 5.82 Å². The zero-order chi connectivity index (χ0) is 9.68. The largest absolute Gasteiger partial charge is 0.475 e. The molecule has 0 aliphatic rings. The van der Waals surface area contributed by atoms with E-state index in [1.54, 1.807) is 7.11 Å². The quantitative estimate of drug-likeness (QED) is 0.556. The van der Waals surface area contributed by atoms with Crippen LogP contribution in [-0.2, 0) is 4.74 Å². The van der Waals surface area contributed by atoms with Gasteiger partial charge >= 0.3 is 0 Å². The zero-order valence-electron chi connectivity index (χ0n) is 7.09. The second kappa shape index (κ2) is 4.99. The van der Waals surface area contributed by atoms with Crippen molar-refractivity contribution >= 4 is 11.6 Å². The van der Waals surface area contributed by atoms with Crippen LogP contribution in [-0.4, -0.2) is 25.3 Å². The second-order valence-corrected chi connectivity index (χ2v) is 2.67. The number of rotatable bonds is 4. The van der Waals surface area contributed by atoms with Crippen LogP contribution in [0.15, 0.2) is 12.1 Å². The highest BCUT2D eigenvalue weighted by Gasteiger charge is 2.00. The van der Waals surface area contributed by atoms with Crippen LogP contribution in [0.4, 0.5) is 4.39 Å². The predicted molar refractivity (Wildman–Crippen MR) is 46.6 cm³/mol. The van der Waals surface area contributed by atoms with Gasteiger partial charge in [0.2, 0.25) is 5.88 Å². The van der Waals surface area contributed by atoms with E-state index in [2.05, 4.69) is 4.98 Å². The molecule has 1 aromatic heterocycles. The van der Waals surface area contributed by atoms with Crippen molar-refractivity contribution in [1.29, 1.82) is 0 Å². The topological polar surface area (TPSA) is 31.4 Å². The molecule has 0 fully saturated rings. The predicted octanol–water partition coefficient (Wildman–Crippen LogP) is 1.90. The number of aromatic nitrogens is 1. The molecule has 3 nitrogen and oxygen atoms in total. The van der Waals surface area contributed by atoms with Crippen molar-refractivity contribution in [2.24, 2.45) is 0 Å². The number of pyridine rings is 1. The number of ether oxygens (including phenoxy) is 2. The summed E-state index contributed by atoms with van der Waals surface area (Å²) < 4.78 is 22.5. The van der Waals surface area contributed by atoms with Crippen LogP contribution in [0.25, 0.3) is 0 Å². The summed E-state index contributed by atoms with van der Waals surface area (Å²) in [5.74, 6) is -0.297. The highest BCUT2D eigenvalue weighted by Crippen LogP contribution is 2.14. The molecule has 0 bridgehead atoms. The molecule has 0 saturated carbocycles. The Kier molecular flexibility index (Phi) is 3.92. The average molecular weight is 206 g/mol. The molecule has 0 N–H and O–H groups in total. The van der Waals surface area contributed by atoms with Crippen LogP contribution in [0, 0.1) is 5.82 Å². The van der Waals surface area contributed by atoms with Gasteiger partial charge in [0, 0.05) is 19.2 Å². The van der Waals surface area contributed by atoms with Crippen molar-refractivity contribution < 1.29 is 13.9 Å². The Hall–Kier alpha value is -0.870. The fraction of sp³-hybridized carbons (Fsp3) is 0.375. The van der Waals surface area contributed by atoms with E-state index in [4.69, 9.17) is 21.1 Å². The molecule has 13 heavy (non-hydrogen) atoms. The molecule has 0 aliphatic heterocycles. The Bertz CT molecular complexity index is 263. The molecule has 1 rings (SSSR count). The highest BCUT2D eigenvalue weighted by atomic mass is 35.5. The van der Waals surface area contributed by atoms with Gasteiger partial charge in [-0.2, -0.15) is 0 Å². The van der Waals surface area contributed by atoms with Crippen molar-refractivity contribution in [3.05, 3.63) is 23.1 Å². The Labute approximate surface area is 80.4 Å². The zero-order valence-corrected chi connectivity index (χ0v) is 7.84. The van der Waals surface area contributed by atoms with Crippen LogP contribution < -0.4 is 4.74 Å². The number of halogens is 2. The summed E-state index contributed by atoms with van der Waals surface area (Å²) in [7, 11) is 1.55. The maximum atomic E-state index is 12.7. The molecule has 0 aliphatic carbocycles. The van der Waals surface area contributed by atoms with Crippen molar-refractivity contribution in [3.8, 4) is 5.88 Å². The highest BCUT2D eigenvalue weighted by molar-refractivity contribution is 6.29. The number of hydrogen-bond donors (Lipinski definition) is 0. The lowest BCUT2D eigenvalue weighted by atomic mass is 10.5. The molecule has 0 aromatic carbocycles. The second-order valence-electron chi connectivity index (χ2n) is 2.29. The summed E-state index contributed by atoms with van der Waals surface area (Å²) in [6, 6.07) is 2.28. The first-order chi connectivity index (χ1) is 6.22. The minimum atomic E-state index is -0.465. The van der Waals surface area contributed by atoms with Gasteiger partial charge in [0.25, 0.3) is 0 Å². The van der Waals surface area contributed by atoms with Crippen molar-refractivity contribution in [1.82, 2.24) is 4.98 Å². The van der Waals surface area contributed by atoms with Gasteiger partial charge in [-0.05, 0) is 0 Å². The Morgan fingerprint density at radius 2 is 2.23 bits per heavy atom. The van der Waals surface area contributed by atoms with Gasteiger partial charge < -0.3 is 9.47 Å². The first-order valence-corrected chi connectivity index (χ1v) is 4.05. The normalized spacial score (nSPS) is 10.1. The van der Waals surface area contributed by atoms with Gasteiger partial charge in [-0.3, -0.25) is 0 Å². The van der Waals surface area contributed by atoms with Gasteiger partial charge in [0.15, 0.2) is 0 Å². The number of hydrogen-bond acceptors (Lipinski definition) is 3. The van der Waals surface area contributed by atoms with E-state index in [1.165, 1.54) is 6.07 Å². The van der Waals surface area contributed by atoms with Gasteiger partial charge in [-0.1, -0.05) is 11.6 Å². The van der Waals surface area contributed by atoms with Gasteiger partial charge in [-0.25, -0.2) is 9.37 Å². The molecule has 5 heteroatoms. The standard InChI is InChI=1S/C8H9ClFNO2/c1-12-2-3-13-8-5-6(10)4-7(9)11-8/h4-5H,2-3H2,1H3. The molecule has 0 spiro atoms. The summed E-state index contributed by atoms with van der Waals surface area (Å²) in [4.78, 5) is 3.75. The average Bonchev–Trinajstić information content (AvgIpc) is 2.03. The number of methoxy groups -OCH3 is 1. The lowest BCUT2D eigenvalue weighted by Gasteiger charge is -2.04. The Balaban J connectivity index is 2.56. The van der Waals surface area contributed by atoms with E-state index >= 15 is 0 Å². The fourth-order valence-corrected chi connectivity index (χ4v) is 0.934. The molecule has 0 unspecified atom stereocenters. The van der Waals surface area contributed by atoms with E-state index in [9.17, 15) is 4.39 Å². The van der Waals surface area contributed by atoms with E-state index in [-0.39, 0.29) is 11.0 Å². The van der Waals surface area contributed by atoms with Crippen molar-refractivity contribution in [2.45, 2.75) is 0 Å². The SMILES string of the molecule is COCCOc1cc(F)cc(Cl)n1. The van der Waals surface area contributed by atoms with Crippen molar-refractivity contribution in [2.75, 3.05) is 20.3 Å². The molecular weight excluding hydrogens is 197 g/mol. The third-order valence-corrected chi connectivity index (χ3v) is 1.47. The maximum absolute atomic E-state index is 12.7. The third kappa shape index (κ3) is 3.57. The fourth-order valence-electron chi connectivity index (χ4n) is 0.747. The summed E-state index contributed by atoms with van der Waals surface area (Å²) in [5, 5.41) is 0.0763. The number of nitrogens with zero attached hydrogens (tertiary/aromatic N) is 1. The van der Waals surface area contributed by atoms with Crippen LogP contribution >= 0.6 is 11.6 Å². The smallest absolute Gasteiger partial charge is 0.217 e. The molecule has 0 amide bonds. The maximum Gasteiger partial charge on any atom is 0.217 e. The Morgan fingerprint density at radius 1 is 1.46 bits per heavy atom. The van der Waals surface area contributed by atoms with Crippen LogP contribution in [0.3, 0.4) is 0 Å². The molecule has 0 saturated heterocycles. The molecule has 0 atom stereocenters. The molecular formula is C8H9ClFNO2. The minimum absolute atomic E-state index is 0.0763. The third-order valence-electron chi connectivity index (χ3n) is 1.27. The summed E-state index contributed by atoms with van der Waals surface area (Å²) in [6.45, 7) is 0.749. The van der Waals surface area contributed by atoms with Crippen LogP contribution in [0.5, 0.6) is 5.88 Å². The van der Waals surface area contributed by atoms with Gasteiger partial charge in [0.05, 0.1) is 6.61 Å². The van der Waals surface area contributed by atoms with Gasteiger partial charge in [0.1, 0.15) is 17.6 Å². The molecule has 0 radical (unpaired) electrons. The van der Waals surface area contributed by atoms with Gasteiger partial charge in [-0.15, -0.1) is 0 Å². The van der Waals surface area contributed by atoms with E-state index in [0.29, 0.717) is 13.2 Å². The minimum Gasteiger partial charge on any atom is -0.475 e. The molecule has 1 heterocycles. The lowest BCUT2D eigenvalue weighted by molar-refractivity contribution is 0.143. The first-order valence-electron chi connectivity index (χ1n) is 3.67. The van der Waals surface area contributed by atoms with E-state index in [1.807, 2.05) is 0 Å². The van der Waals surface area contributed by atoms with Crippen LogP contribution in [0.2, 0.25) is 5.15 Å². The lowest BCUT2D eigenvalue weighted by Crippen LogP contribution is -2.05. The summed E-state index contributed by atoms with van der Waals surface area (Å²) in [5.41, 5.74) is 0. The van der Waals surface area contributed by atoms with E-state index in [0.717, 1.165) is 6.07 Å². The molecule has 1 aromatic rings.